The van der Waals surface area contributed by atoms with Gasteiger partial charge in [-0.2, -0.15) is 5.26 Å². The molecule has 0 saturated carbocycles. The molecule has 3 nitrogen and oxygen atoms in total. The van der Waals surface area contributed by atoms with Crippen LogP contribution in [-0.4, -0.2) is 9.97 Å². The molecule has 0 bridgehead atoms. The van der Waals surface area contributed by atoms with E-state index in [-0.39, 0.29) is 0 Å². The summed E-state index contributed by atoms with van der Waals surface area (Å²) < 4.78 is 1.01. The molecule has 2 aromatic rings. The molecule has 2 heterocycles. The maximum Gasteiger partial charge on any atom is 0.171 e. The van der Waals surface area contributed by atoms with Gasteiger partial charge >= 0.3 is 0 Å². The lowest BCUT2D eigenvalue weighted by atomic mass is 10.1. The van der Waals surface area contributed by atoms with Crippen LogP contribution < -0.4 is 0 Å². The predicted octanol–water partition coefficient (Wildman–Crippen LogP) is 3.71. The molecule has 0 aromatic carbocycles. The summed E-state index contributed by atoms with van der Waals surface area (Å²) in [5, 5.41) is 11.1. The Hall–Kier alpha value is -1.25. The van der Waals surface area contributed by atoms with Crippen molar-refractivity contribution in [2.45, 2.75) is 20.3 Å². The summed E-state index contributed by atoms with van der Waals surface area (Å²) in [7, 11) is 0. The second kappa shape index (κ2) is 4.94. The maximum absolute atomic E-state index is 9.10. The first-order valence-electron chi connectivity index (χ1n) is 5.17. The van der Waals surface area contributed by atoms with E-state index < -0.39 is 0 Å². The van der Waals surface area contributed by atoms with Crippen molar-refractivity contribution in [2.75, 3.05) is 0 Å². The molecule has 0 aliphatic heterocycles. The van der Waals surface area contributed by atoms with E-state index in [1.165, 1.54) is 0 Å². The van der Waals surface area contributed by atoms with Gasteiger partial charge in [0.2, 0.25) is 0 Å². The topological polar surface area (TPSA) is 49.6 Å². The molecule has 0 amide bonds. The summed E-state index contributed by atoms with van der Waals surface area (Å²) in [4.78, 5) is 9.76. The second-order valence-corrected chi connectivity index (χ2v) is 5.38. The SMILES string of the molecule is CCc1c(C)nc(-c2cc(Br)cs2)nc1C#N. The Balaban J connectivity index is 2.58. The molecular formula is C12H10BrN3S. The van der Waals surface area contributed by atoms with Crippen LogP contribution in [0.15, 0.2) is 15.9 Å². The van der Waals surface area contributed by atoms with E-state index in [0.717, 1.165) is 27.0 Å². The molecule has 2 rings (SSSR count). The van der Waals surface area contributed by atoms with Crippen molar-refractivity contribution >= 4 is 27.3 Å². The maximum atomic E-state index is 9.10. The largest absolute Gasteiger partial charge is 0.232 e. The molecule has 0 aliphatic rings. The summed E-state index contributed by atoms with van der Waals surface area (Å²) in [5.74, 6) is 0.631. The minimum absolute atomic E-state index is 0.486. The number of nitriles is 1. The smallest absolute Gasteiger partial charge is 0.171 e. The van der Waals surface area contributed by atoms with E-state index in [2.05, 4.69) is 32.0 Å². The third kappa shape index (κ3) is 2.38. The van der Waals surface area contributed by atoms with Crippen molar-refractivity contribution in [2.24, 2.45) is 0 Å². The van der Waals surface area contributed by atoms with Crippen LogP contribution in [0, 0.1) is 18.3 Å². The molecule has 0 unspecified atom stereocenters. The quantitative estimate of drug-likeness (QED) is 0.849. The van der Waals surface area contributed by atoms with Crippen molar-refractivity contribution in [3.8, 4) is 16.8 Å². The average molecular weight is 308 g/mol. The van der Waals surface area contributed by atoms with Crippen molar-refractivity contribution in [1.82, 2.24) is 9.97 Å². The Kier molecular flexibility index (Phi) is 3.55. The number of aromatic nitrogens is 2. The number of nitrogens with zero attached hydrogens (tertiary/aromatic N) is 3. The monoisotopic (exact) mass is 307 g/mol. The van der Waals surface area contributed by atoms with E-state index in [4.69, 9.17) is 5.26 Å². The van der Waals surface area contributed by atoms with Crippen LogP contribution in [0.3, 0.4) is 0 Å². The van der Waals surface area contributed by atoms with Crippen molar-refractivity contribution in [3.05, 3.63) is 32.9 Å². The summed E-state index contributed by atoms with van der Waals surface area (Å²) in [6, 6.07) is 4.11. The minimum Gasteiger partial charge on any atom is -0.232 e. The van der Waals surface area contributed by atoms with Crippen LogP contribution in [0.2, 0.25) is 0 Å². The summed E-state index contributed by atoms with van der Waals surface area (Å²) in [6.07, 6.45) is 0.781. The molecule has 0 N–H and O–H groups in total. The molecule has 2 aromatic heterocycles. The Morgan fingerprint density at radius 1 is 1.47 bits per heavy atom. The lowest BCUT2D eigenvalue weighted by Crippen LogP contribution is -2.01. The van der Waals surface area contributed by atoms with Crippen molar-refractivity contribution in [1.29, 1.82) is 5.26 Å². The Bertz CT molecular complexity index is 598. The third-order valence-corrected chi connectivity index (χ3v) is 4.15. The van der Waals surface area contributed by atoms with Gasteiger partial charge < -0.3 is 0 Å². The molecule has 0 aliphatic carbocycles. The molecule has 5 heteroatoms. The van der Waals surface area contributed by atoms with Gasteiger partial charge in [0.05, 0.1) is 4.88 Å². The van der Waals surface area contributed by atoms with E-state index in [1.54, 1.807) is 11.3 Å². The number of aryl methyl sites for hydroxylation is 1. The normalized spacial score (nSPS) is 10.2. The first-order valence-corrected chi connectivity index (χ1v) is 6.85. The standard InChI is InChI=1S/C12H10BrN3S/c1-3-9-7(2)15-12(16-10(9)5-14)11-4-8(13)6-17-11/h4,6H,3H2,1-2H3. The minimum atomic E-state index is 0.486. The lowest BCUT2D eigenvalue weighted by Gasteiger charge is -2.06. The zero-order valence-electron chi connectivity index (χ0n) is 9.49. The summed E-state index contributed by atoms with van der Waals surface area (Å²) >= 11 is 4.96. The number of hydrogen-bond acceptors (Lipinski definition) is 4. The van der Waals surface area contributed by atoms with E-state index >= 15 is 0 Å². The average Bonchev–Trinajstić information content (AvgIpc) is 2.74. The van der Waals surface area contributed by atoms with Crippen LogP contribution in [0.4, 0.5) is 0 Å². The third-order valence-electron chi connectivity index (χ3n) is 2.46. The van der Waals surface area contributed by atoms with Crippen LogP contribution in [0.1, 0.15) is 23.9 Å². The zero-order chi connectivity index (χ0) is 12.4. The van der Waals surface area contributed by atoms with Crippen molar-refractivity contribution < 1.29 is 0 Å². The number of halogens is 1. The fourth-order valence-electron chi connectivity index (χ4n) is 1.65. The van der Waals surface area contributed by atoms with E-state index in [1.807, 2.05) is 25.3 Å². The molecule has 0 spiro atoms. The van der Waals surface area contributed by atoms with Gasteiger partial charge in [-0.3, -0.25) is 0 Å². The highest BCUT2D eigenvalue weighted by atomic mass is 79.9. The first kappa shape index (κ1) is 12.2. The zero-order valence-corrected chi connectivity index (χ0v) is 11.9. The van der Waals surface area contributed by atoms with Crippen molar-refractivity contribution in [3.63, 3.8) is 0 Å². The molecule has 0 saturated heterocycles. The Labute approximate surface area is 112 Å². The predicted molar refractivity (Wildman–Crippen MR) is 71.9 cm³/mol. The molecule has 86 valence electrons. The van der Waals surface area contributed by atoms with Gasteiger partial charge in [0, 0.05) is 21.1 Å². The van der Waals surface area contributed by atoms with Gasteiger partial charge in [-0.15, -0.1) is 11.3 Å². The molecular weight excluding hydrogens is 298 g/mol. The Morgan fingerprint density at radius 2 is 2.24 bits per heavy atom. The Morgan fingerprint density at radius 3 is 2.76 bits per heavy atom. The van der Waals surface area contributed by atoms with Crippen LogP contribution in [0.5, 0.6) is 0 Å². The van der Waals surface area contributed by atoms with Gasteiger partial charge in [-0.1, -0.05) is 6.92 Å². The number of rotatable bonds is 2. The highest BCUT2D eigenvalue weighted by molar-refractivity contribution is 9.10. The highest BCUT2D eigenvalue weighted by Crippen LogP contribution is 2.28. The van der Waals surface area contributed by atoms with Gasteiger partial charge in [0.1, 0.15) is 11.8 Å². The molecule has 0 radical (unpaired) electrons. The van der Waals surface area contributed by atoms with Gasteiger partial charge in [-0.05, 0) is 35.3 Å². The molecule has 17 heavy (non-hydrogen) atoms. The molecule has 0 fully saturated rings. The summed E-state index contributed by atoms with van der Waals surface area (Å²) in [6.45, 7) is 3.93. The van der Waals surface area contributed by atoms with E-state index in [9.17, 15) is 0 Å². The lowest BCUT2D eigenvalue weighted by molar-refractivity contribution is 0.987. The fraction of sp³-hybridized carbons (Fsp3) is 0.250. The van der Waals surface area contributed by atoms with Crippen LogP contribution >= 0.6 is 27.3 Å². The fourth-order valence-corrected chi connectivity index (χ4v) is 3.01. The van der Waals surface area contributed by atoms with Gasteiger partial charge in [-0.25, -0.2) is 9.97 Å². The molecule has 0 atom stereocenters. The number of hydrogen-bond donors (Lipinski definition) is 0. The highest BCUT2D eigenvalue weighted by Gasteiger charge is 2.12. The van der Waals surface area contributed by atoms with Gasteiger partial charge in [0.15, 0.2) is 5.82 Å². The van der Waals surface area contributed by atoms with Crippen LogP contribution in [0.25, 0.3) is 10.7 Å². The van der Waals surface area contributed by atoms with E-state index in [0.29, 0.717) is 11.5 Å². The second-order valence-electron chi connectivity index (χ2n) is 3.55. The number of thiophene rings is 1. The summed E-state index contributed by atoms with van der Waals surface area (Å²) in [5.41, 5.74) is 2.31. The van der Waals surface area contributed by atoms with Crippen LogP contribution in [-0.2, 0) is 6.42 Å². The first-order chi connectivity index (χ1) is 8.15. The van der Waals surface area contributed by atoms with Gasteiger partial charge in [0.25, 0.3) is 0 Å².